The van der Waals surface area contributed by atoms with Crippen LogP contribution in [0.4, 0.5) is 4.79 Å². The van der Waals surface area contributed by atoms with Crippen LogP contribution in [0.3, 0.4) is 0 Å². The van der Waals surface area contributed by atoms with E-state index in [1.54, 1.807) is 25.3 Å². The zero-order valence-electron chi connectivity index (χ0n) is 11.7. The van der Waals surface area contributed by atoms with E-state index in [-0.39, 0.29) is 6.03 Å². The van der Waals surface area contributed by atoms with Gasteiger partial charge in [-0.1, -0.05) is 41.9 Å². The van der Waals surface area contributed by atoms with Crippen molar-refractivity contribution in [3.05, 3.63) is 64.7 Å². The number of halogens is 1. The van der Waals surface area contributed by atoms with Crippen LogP contribution in [0.5, 0.6) is 5.75 Å². The van der Waals surface area contributed by atoms with Crippen molar-refractivity contribution < 1.29 is 9.53 Å². The molecular formula is C16H17ClN2O2. The molecule has 0 aliphatic carbocycles. The quantitative estimate of drug-likeness (QED) is 0.890. The second-order valence-electron chi connectivity index (χ2n) is 4.48. The van der Waals surface area contributed by atoms with Crippen LogP contribution in [0.1, 0.15) is 11.1 Å². The average Bonchev–Trinajstić information content (AvgIpc) is 2.52. The Morgan fingerprint density at radius 3 is 2.52 bits per heavy atom. The largest absolute Gasteiger partial charge is 0.496 e. The van der Waals surface area contributed by atoms with Crippen molar-refractivity contribution in [2.24, 2.45) is 0 Å². The molecule has 0 heterocycles. The molecule has 0 saturated carbocycles. The maximum Gasteiger partial charge on any atom is 0.315 e. The van der Waals surface area contributed by atoms with Crippen molar-refractivity contribution in [1.29, 1.82) is 0 Å². The van der Waals surface area contributed by atoms with Crippen molar-refractivity contribution in [3.8, 4) is 5.75 Å². The third-order valence-electron chi connectivity index (χ3n) is 2.98. The maximum absolute atomic E-state index is 11.8. The molecule has 0 unspecified atom stereocenters. The third kappa shape index (κ3) is 4.68. The number of hydrogen-bond donors (Lipinski definition) is 2. The maximum atomic E-state index is 11.8. The highest BCUT2D eigenvalue weighted by atomic mass is 35.5. The summed E-state index contributed by atoms with van der Waals surface area (Å²) in [6.45, 7) is 0.837. The summed E-state index contributed by atoms with van der Waals surface area (Å²) in [5, 5.41) is 6.19. The number of carbonyl (C=O) groups is 1. The number of rotatable bonds is 5. The number of urea groups is 1. The van der Waals surface area contributed by atoms with Gasteiger partial charge in [0.05, 0.1) is 7.11 Å². The number of carbonyl (C=O) groups excluding carboxylic acids is 1. The average molecular weight is 305 g/mol. The summed E-state index contributed by atoms with van der Waals surface area (Å²) in [5.41, 5.74) is 1.88. The molecule has 0 fully saturated rings. The van der Waals surface area contributed by atoms with E-state index in [2.05, 4.69) is 10.6 Å². The molecule has 2 aromatic carbocycles. The monoisotopic (exact) mass is 304 g/mol. The van der Waals surface area contributed by atoms with Crippen LogP contribution >= 0.6 is 11.6 Å². The number of methoxy groups -OCH3 is 1. The van der Waals surface area contributed by atoms with E-state index >= 15 is 0 Å². The number of ether oxygens (including phenoxy) is 1. The van der Waals surface area contributed by atoms with Gasteiger partial charge in [-0.05, 0) is 23.8 Å². The molecule has 0 aromatic heterocycles. The van der Waals surface area contributed by atoms with Gasteiger partial charge in [-0.2, -0.15) is 0 Å². The Bertz CT molecular complexity index is 602. The van der Waals surface area contributed by atoms with E-state index in [1.165, 1.54) is 0 Å². The molecule has 2 rings (SSSR count). The molecule has 0 aliphatic rings. The van der Waals surface area contributed by atoms with Crippen molar-refractivity contribution >= 4 is 17.6 Å². The molecule has 0 atom stereocenters. The fraction of sp³-hybridized carbons (Fsp3) is 0.188. The van der Waals surface area contributed by atoms with Crippen molar-refractivity contribution in [1.82, 2.24) is 10.6 Å². The minimum atomic E-state index is -0.235. The van der Waals surface area contributed by atoms with E-state index in [0.717, 1.165) is 11.1 Å². The molecular weight excluding hydrogens is 288 g/mol. The summed E-state index contributed by atoms with van der Waals surface area (Å²) in [5.74, 6) is 0.697. The van der Waals surface area contributed by atoms with Crippen molar-refractivity contribution in [2.75, 3.05) is 7.11 Å². The predicted octanol–water partition coefficient (Wildman–Crippen LogP) is 3.35. The van der Waals surface area contributed by atoms with Crippen LogP contribution in [-0.4, -0.2) is 13.1 Å². The first-order valence-electron chi connectivity index (χ1n) is 6.57. The molecule has 0 aliphatic heterocycles. The second-order valence-corrected chi connectivity index (χ2v) is 4.91. The highest BCUT2D eigenvalue weighted by molar-refractivity contribution is 6.30. The summed E-state index contributed by atoms with van der Waals surface area (Å²) in [7, 11) is 1.59. The second kappa shape index (κ2) is 7.55. The lowest BCUT2D eigenvalue weighted by atomic mass is 10.2. The molecule has 0 radical (unpaired) electrons. The smallest absolute Gasteiger partial charge is 0.315 e. The number of nitrogens with one attached hydrogen (secondary N) is 2. The Labute approximate surface area is 129 Å². The van der Waals surface area contributed by atoms with Crippen LogP contribution in [0.15, 0.2) is 48.5 Å². The summed E-state index contributed by atoms with van der Waals surface area (Å²) in [4.78, 5) is 11.8. The predicted molar refractivity (Wildman–Crippen MR) is 83.5 cm³/mol. The Kier molecular flexibility index (Phi) is 5.46. The van der Waals surface area contributed by atoms with Gasteiger partial charge in [-0.25, -0.2) is 4.79 Å². The van der Waals surface area contributed by atoms with E-state index in [4.69, 9.17) is 16.3 Å². The normalized spacial score (nSPS) is 10.0. The fourth-order valence-electron chi connectivity index (χ4n) is 1.90. The van der Waals surface area contributed by atoms with E-state index < -0.39 is 0 Å². The van der Waals surface area contributed by atoms with E-state index in [0.29, 0.717) is 23.9 Å². The zero-order chi connectivity index (χ0) is 15.1. The molecule has 0 bridgehead atoms. The molecule has 110 valence electrons. The third-order valence-corrected chi connectivity index (χ3v) is 3.21. The van der Waals surface area contributed by atoms with Gasteiger partial charge < -0.3 is 15.4 Å². The van der Waals surface area contributed by atoms with Crippen LogP contribution in [0, 0.1) is 0 Å². The van der Waals surface area contributed by atoms with E-state index in [1.807, 2.05) is 30.3 Å². The summed E-state index contributed by atoms with van der Waals surface area (Å²) in [6, 6.07) is 14.8. The van der Waals surface area contributed by atoms with Gasteiger partial charge in [0.2, 0.25) is 0 Å². The molecule has 21 heavy (non-hydrogen) atoms. The van der Waals surface area contributed by atoms with Gasteiger partial charge >= 0.3 is 6.03 Å². The Morgan fingerprint density at radius 2 is 1.81 bits per heavy atom. The molecule has 5 heteroatoms. The summed E-state index contributed by atoms with van der Waals surface area (Å²) >= 11 is 5.95. The Balaban J connectivity index is 1.85. The van der Waals surface area contributed by atoms with Crippen LogP contribution in [0.25, 0.3) is 0 Å². The topological polar surface area (TPSA) is 50.4 Å². The van der Waals surface area contributed by atoms with Crippen LogP contribution < -0.4 is 15.4 Å². The van der Waals surface area contributed by atoms with Gasteiger partial charge in [0, 0.05) is 23.7 Å². The summed E-state index contributed by atoms with van der Waals surface area (Å²) in [6.07, 6.45) is 0. The van der Waals surface area contributed by atoms with Crippen molar-refractivity contribution in [2.45, 2.75) is 13.1 Å². The fourth-order valence-corrected chi connectivity index (χ4v) is 2.10. The first kappa shape index (κ1) is 15.2. The highest BCUT2D eigenvalue weighted by Gasteiger charge is 2.06. The summed E-state index contributed by atoms with van der Waals surface area (Å²) < 4.78 is 5.23. The minimum absolute atomic E-state index is 0.235. The molecule has 0 spiro atoms. The van der Waals surface area contributed by atoms with E-state index in [9.17, 15) is 4.79 Å². The van der Waals surface area contributed by atoms with Gasteiger partial charge in [0.1, 0.15) is 5.75 Å². The first-order valence-corrected chi connectivity index (χ1v) is 6.95. The molecule has 2 amide bonds. The standard InChI is InChI=1S/C16H17ClN2O2/c1-21-15-8-7-14(17)9-13(15)11-19-16(20)18-10-12-5-3-2-4-6-12/h2-9H,10-11H2,1H3,(H2,18,19,20). The van der Waals surface area contributed by atoms with Crippen LogP contribution in [-0.2, 0) is 13.1 Å². The van der Waals surface area contributed by atoms with Gasteiger partial charge in [-0.15, -0.1) is 0 Å². The molecule has 2 N–H and O–H groups in total. The molecule has 4 nitrogen and oxygen atoms in total. The lowest BCUT2D eigenvalue weighted by molar-refractivity contribution is 0.240. The van der Waals surface area contributed by atoms with Crippen molar-refractivity contribution in [3.63, 3.8) is 0 Å². The molecule has 0 saturated heterocycles. The zero-order valence-corrected chi connectivity index (χ0v) is 12.5. The lowest BCUT2D eigenvalue weighted by Gasteiger charge is -2.11. The van der Waals surface area contributed by atoms with Gasteiger partial charge in [-0.3, -0.25) is 0 Å². The lowest BCUT2D eigenvalue weighted by Crippen LogP contribution is -2.34. The number of amides is 2. The Morgan fingerprint density at radius 1 is 1.10 bits per heavy atom. The van der Waals surface area contributed by atoms with Crippen LogP contribution in [0.2, 0.25) is 5.02 Å². The number of benzene rings is 2. The van der Waals surface area contributed by atoms with Gasteiger partial charge in [0.15, 0.2) is 0 Å². The Hall–Kier alpha value is -2.20. The number of hydrogen-bond acceptors (Lipinski definition) is 2. The first-order chi connectivity index (χ1) is 10.2. The highest BCUT2D eigenvalue weighted by Crippen LogP contribution is 2.22. The van der Waals surface area contributed by atoms with Gasteiger partial charge in [0.25, 0.3) is 0 Å². The minimum Gasteiger partial charge on any atom is -0.496 e. The SMILES string of the molecule is COc1ccc(Cl)cc1CNC(=O)NCc1ccccc1. The molecule has 2 aromatic rings.